The lowest BCUT2D eigenvalue weighted by Gasteiger charge is -2.33. The van der Waals surface area contributed by atoms with Gasteiger partial charge >= 0.3 is 0 Å². The summed E-state index contributed by atoms with van der Waals surface area (Å²) >= 11 is 6.48. The Bertz CT molecular complexity index is 511. The highest BCUT2D eigenvalue weighted by Crippen LogP contribution is 2.37. The Balaban J connectivity index is 2.11. The van der Waals surface area contributed by atoms with Gasteiger partial charge in [-0.1, -0.05) is 11.6 Å². The molecule has 0 aliphatic carbocycles. The zero-order chi connectivity index (χ0) is 14.1. The number of hydrogen-bond acceptors (Lipinski definition) is 4. The van der Waals surface area contributed by atoms with Gasteiger partial charge in [-0.2, -0.15) is 0 Å². The molecular formula is C14H18ClN3O2. The van der Waals surface area contributed by atoms with Gasteiger partial charge in [-0.05, 0) is 25.5 Å². The number of fused-ring (bicyclic) bond motifs is 3. The Kier molecular flexibility index (Phi) is 3.81. The molecule has 2 atom stereocenters. The van der Waals surface area contributed by atoms with Gasteiger partial charge in [0.1, 0.15) is 5.50 Å². The Morgan fingerprint density at radius 3 is 3.20 bits per heavy atom. The van der Waals surface area contributed by atoms with Crippen LogP contribution in [0.4, 0.5) is 11.5 Å². The minimum atomic E-state index is -0.268. The fraction of sp³-hybridized carbons (Fsp3) is 0.571. The van der Waals surface area contributed by atoms with Gasteiger partial charge in [-0.25, -0.2) is 4.98 Å². The van der Waals surface area contributed by atoms with Crippen molar-refractivity contribution in [1.82, 2.24) is 4.98 Å². The molecule has 2 aliphatic heterocycles. The monoisotopic (exact) mass is 295 g/mol. The third kappa shape index (κ3) is 2.25. The van der Waals surface area contributed by atoms with Gasteiger partial charge in [0, 0.05) is 31.8 Å². The number of pyridine rings is 1. The van der Waals surface area contributed by atoms with Crippen LogP contribution in [0.2, 0.25) is 0 Å². The number of ether oxygens (including phenoxy) is 1. The van der Waals surface area contributed by atoms with E-state index in [1.807, 2.05) is 19.1 Å². The quantitative estimate of drug-likeness (QED) is 0.587. The van der Waals surface area contributed by atoms with Gasteiger partial charge in [0.25, 0.3) is 0 Å². The van der Waals surface area contributed by atoms with E-state index >= 15 is 0 Å². The number of amides is 1. The molecule has 108 valence electrons. The lowest BCUT2D eigenvalue weighted by Crippen LogP contribution is -2.41. The van der Waals surface area contributed by atoms with E-state index in [9.17, 15) is 4.79 Å². The van der Waals surface area contributed by atoms with Gasteiger partial charge < -0.3 is 9.64 Å². The summed E-state index contributed by atoms with van der Waals surface area (Å²) in [4.78, 5) is 20.7. The van der Waals surface area contributed by atoms with Gasteiger partial charge in [0.2, 0.25) is 5.91 Å². The topological polar surface area (TPSA) is 45.7 Å². The number of hydrogen-bond donors (Lipinski definition) is 0. The summed E-state index contributed by atoms with van der Waals surface area (Å²) in [5, 5.41) is 0. The zero-order valence-corrected chi connectivity index (χ0v) is 12.2. The van der Waals surface area contributed by atoms with Gasteiger partial charge in [-0.3, -0.25) is 9.69 Å². The molecule has 1 saturated heterocycles. The maximum absolute atomic E-state index is 12.5. The molecule has 0 bridgehead atoms. The zero-order valence-electron chi connectivity index (χ0n) is 11.5. The van der Waals surface area contributed by atoms with E-state index in [0.717, 1.165) is 12.1 Å². The molecule has 2 unspecified atom stereocenters. The second kappa shape index (κ2) is 5.58. The molecule has 1 aromatic heterocycles. The van der Waals surface area contributed by atoms with Crippen LogP contribution in [0.1, 0.15) is 19.8 Å². The minimum absolute atomic E-state index is 0.0759. The van der Waals surface area contributed by atoms with Crippen LogP contribution in [0.15, 0.2) is 18.3 Å². The van der Waals surface area contributed by atoms with Crippen molar-refractivity contribution in [2.45, 2.75) is 31.3 Å². The summed E-state index contributed by atoms with van der Waals surface area (Å²) in [5.41, 5.74) is 0.658. The summed E-state index contributed by atoms with van der Waals surface area (Å²) in [6.45, 7) is 3.69. The van der Waals surface area contributed by atoms with Crippen LogP contribution in [0.25, 0.3) is 0 Å². The van der Waals surface area contributed by atoms with Gasteiger partial charge in [-0.15, -0.1) is 0 Å². The summed E-state index contributed by atoms with van der Waals surface area (Å²) < 4.78 is 5.52. The molecule has 0 radical (unpaired) electrons. The fourth-order valence-corrected chi connectivity index (χ4v) is 3.30. The van der Waals surface area contributed by atoms with E-state index < -0.39 is 0 Å². The minimum Gasteiger partial charge on any atom is -0.378 e. The average Bonchev–Trinajstić information content (AvgIpc) is 2.68. The predicted molar refractivity (Wildman–Crippen MR) is 78.2 cm³/mol. The molecule has 5 nitrogen and oxygen atoms in total. The van der Waals surface area contributed by atoms with Crippen molar-refractivity contribution in [3.63, 3.8) is 0 Å². The van der Waals surface area contributed by atoms with Gasteiger partial charge in [0.05, 0.1) is 12.3 Å². The van der Waals surface area contributed by atoms with E-state index in [2.05, 4.69) is 9.88 Å². The van der Waals surface area contributed by atoms with Crippen LogP contribution >= 0.6 is 11.6 Å². The highest BCUT2D eigenvalue weighted by molar-refractivity contribution is 6.22. The first-order valence-electron chi connectivity index (χ1n) is 6.98. The van der Waals surface area contributed by atoms with Gasteiger partial charge in [0.15, 0.2) is 5.82 Å². The number of anilines is 2. The normalized spacial score (nSPS) is 26.6. The molecule has 1 fully saturated rings. The molecule has 0 aromatic carbocycles. The van der Waals surface area contributed by atoms with E-state index in [1.54, 1.807) is 11.1 Å². The highest BCUT2D eigenvalue weighted by atomic mass is 35.5. The van der Waals surface area contributed by atoms with E-state index in [-0.39, 0.29) is 17.5 Å². The van der Waals surface area contributed by atoms with Crippen molar-refractivity contribution >= 4 is 29.0 Å². The number of aromatic nitrogens is 1. The summed E-state index contributed by atoms with van der Waals surface area (Å²) in [5.74, 6) is 0.806. The number of rotatable bonds is 1. The maximum Gasteiger partial charge on any atom is 0.230 e. The van der Waals surface area contributed by atoms with Crippen LogP contribution in [0.5, 0.6) is 0 Å². The number of alkyl halides is 1. The molecule has 0 saturated carbocycles. The van der Waals surface area contributed by atoms with E-state index in [0.29, 0.717) is 32.0 Å². The molecule has 3 rings (SSSR count). The van der Waals surface area contributed by atoms with Crippen LogP contribution < -0.4 is 9.80 Å². The number of nitrogens with zero attached hydrogens (tertiary/aromatic N) is 3. The molecule has 2 aliphatic rings. The average molecular weight is 296 g/mol. The van der Waals surface area contributed by atoms with Crippen molar-refractivity contribution in [2.75, 3.05) is 29.6 Å². The van der Waals surface area contributed by atoms with Crippen LogP contribution in [0, 0.1) is 0 Å². The lowest BCUT2D eigenvalue weighted by atomic mass is 10.1. The Morgan fingerprint density at radius 2 is 2.40 bits per heavy atom. The molecular weight excluding hydrogens is 278 g/mol. The smallest absolute Gasteiger partial charge is 0.230 e. The molecule has 3 heterocycles. The second-order valence-corrected chi connectivity index (χ2v) is 5.55. The summed E-state index contributed by atoms with van der Waals surface area (Å²) in [6.07, 6.45) is 2.98. The first-order valence-corrected chi connectivity index (χ1v) is 7.41. The van der Waals surface area contributed by atoms with E-state index in [4.69, 9.17) is 16.3 Å². The van der Waals surface area contributed by atoms with Crippen LogP contribution in [0.3, 0.4) is 0 Å². The standard InChI is InChI=1S/C14H18ClN3O2/c1-2-17-13(19)8-10-5-7-20-9-12(15)18(10)11-4-3-6-16-14(11)17/h3-4,6,10,12H,2,5,7-9H2,1H3. The van der Waals surface area contributed by atoms with Crippen molar-refractivity contribution in [2.24, 2.45) is 0 Å². The molecule has 1 amide bonds. The molecule has 6 heteroatoms. The number of carbonyl (C=O) groups is 1. The summed E-state index contributed by atoms with van der Waals surface area (Å²) in [7, 11) is 0. The largest absolute Gasteiger partial charge is 0.378 e. The van der Waals surface area contributed by atoms with Crippen molar-refractivity contribution in [1.29, 1.82) is 0 Å². The Morgan fingerprint density at radius 1 is 1.55 bits per heavy atom. The molecule has 0 spiro atoms. The number of halogens is 1. The molecule has 0 N–H and O–H groups in total. The highest BCUT2D eigenvalue weighted by Gasteiger charge is 2.37. The molecule has 1 aromatic rings. The van der Waals surface area contributed by atoms with Crippen molar-refractivity contribution < 1.29 is 9.53 Å². The Labute approximate surface area is 123 Å². The fourth-order valence-electron chi connectivity index (χ4n) is 2.95. The van der Waals surface area contributed by atoms with Crippen LogP contribution in [-0.2, 0) is 9.53 Å². The van der Waals surface area contributed by atoms with Crippen LogP contribution in [-0.4, -0.2) is 42.2 Å². The lowest BCUT2D eigenvalue weighted by molar-refractivity contribution is -0.118. The third-order valence-electron chi connectivity index (χ3n) is 3.87. The number of carbonyl (C=O) groups excluding carboxylic acids is 1. The van der Waals surface area contributed by atoms with E-state index in [1.165, 1.54) is 0 Å². The second-order valence-electron chi connectivity index (χ2n) is 5.05. The summed E-state index contributed by atoms with van der Waals surface area (Å²) in [6, 6.07) is 3.94. The first-order chi connectivity index (χ1) is 9.72. The van der Waals surface area contributed by atoms with Crippen molar-refractivity contribution in [3.8, 4) is 0 Å². The van der Waals surface area contributed by atoms with Crippen molar-refractivity contribution in [3.05, 3.63) is 18.3 Å². The predicted octanol–water partition coefficient (Wildman–Crippen LogP) is 2.00. The maximum atomic E-state index is 12.5. The third-order valence-corrected chi connectivity index (χ3v) is 4.21. The molecule has 20 heavy (non-hydrogen) atoms. The SMILES string of the molecule is CCN1C(=O)CC2CCOCC(Cl)N2c2cccnc21. The Hall–Kier alpha value is -1.33. The first kappa shape index (κ1) is 13.6.